The third-order valence-corrected chi connectivity index (χ3v) is 4.87. The standard InChI is InChI=1S/C18H19N7S2/c1-3-20-17-15(11(2)13(10-19)16(22-17)21-8-9-26)23-24-18-12-6-4-5-7-14(12)25-27-18/h4-7,26H,3,8-9H2,1-2H3,(H2,20,21,22). The average molecular weight is 398 g/mol. The Labute approximate surface area is 167 Å². The summed E-state index contributed by atoms with van der Waals surface area (Å²) in [6.45, 7) is 5.12. The molecule has 0 spiro atoms. The van der Waals surface area contributed by atoms with Gasteiger partial charge in [-0.05, 0) is 37.5 Å². The lowest BCUT2D eigenvalue weighted by Crippen LogP contribution is -2.10. The van der Waals surface area contributed by atoms with Crippen molar-refractivity contribution in [3.05, 3.63) is 35.4 Å². The Bertz CT molecular complexity index is 1020. The number of nitrogens with one attached hydrogen (secondary N) is 2. The van der Waals surface area contributed by atoms with E-state index in [-0.39, 0.29) is 0 Å². The van der Waals surface area contributed by atoms with E-state index in [4.69, 9.17) is 0 Å². The number of azo groups is 1. The van der Waals surface area contributed by atoms with Gasteiger partial charge < -0.3 is 10.6 Å². The Morgan fingerprint density at radius 2 is 2.04 bits per heavy atom. The molecule has 0 saturated heterocycles. The molecule has 3 rings (SSSR count). The van der Waals surface area contributed by atoms with Gasteiger partial charge in [-0.2, -0.15) is 22.3 Å². The van der Waals surface area contributed by atoms with E-state index < -0.39 is 0 Å². The number of thiol groups is 1. The molecule has 2 heterocycles. The van der Waals surface area contributed by atoms with Crippen LogP contribution in [0.5, 0.6) is 0 Å². The summed E-state index contributed by atoms with van der Waals surface area (Å²) in [5.41, 5.74) is 2.63. The highest BCUT2D eigenvalue weighted by molar-refractivity contribution is 7.80. The number of pyridine rings is 1. The van der Waals surface area contributed by atoms with Crippen LogP contribution < -0.4 is 10.6 Å². The van der Waals surface area contributed by atoms with E-state index in [1.807, 2.05) is 38.1 Å². The van der Waals surface area contributed by atoms with Gasteiger partial charge in [0.25, 0.3) is 0 Å². The van der Waals surface area contributed by atoms with Crippen molar-refractivity contribution >= 4 is 57.4 Å². The van der Waals surface area contributed by atoms with Crippen molar-refractivity contribution in [2.75, 3.05) is 29.5 Å². The Hall–Kier alpha value is -2.70. The van der Waals surface area contributed by atoms with E-state index >= 15 is 0 Å². The van der Waals surface area contributed by atoms with Gasteiger partial charge >= 0.3 is 0 Å². The fourth-order valence-corrected chi connectivity index (χ4v) is 3.39. The molecule has 0 bridgehead atoms. The maximum Gasteiger partial charge on any atom is 0.166 e. The highest BCUT2D eigenvalue weighted by atomic mass is 32.1. The molecule has 0 fully saturated rings. The van der Waals surface area contributed by atoms with Crippen molar-refractivity contribution in [1.82, 2.24) is 9.36 Å². The monoisotopic (exact) mass is 397 g/mol. The molecule has 0 radical (unpaired) electrons. The fourth-order valence-electron chi connectivity index (χ4n) is 2.59. The molecule has 0 atom stereocenters. The molecule has 0 unspecified atom stereocenters. The van der Waals surface area contributed by atoms with E-state index in [0.717, 1.165) is 21.5 Å². The number of nitriles is 1. The maximum atomic E-state index is 9.59. The maximum absolute atomic E-state index is 9.59. The molecule has 0 aliphatic rings. The van der Waals surface area contributed by atoms with Gasteiger partial charge in [0.1, 0.15) is 17.6 Å². The summed E-state index contributed by atoms with van der Waals surface area (Å²) in [6.07, 6.45) is 0. The number of anilines is 2. The predicted molar refractivity (Wildman–Crippen MR) is 114 cm³/mol. The normalized spacial score (nSPS) is 11.0. The Balaban J connectivity index is 2.06. The molecule has 2 N–H and O–H groups in total. The van der Waals surface area contributed by atoms with Gasteiger partial charge in [-0.1, -0.05) is 12.1 Å². The molecule has 9 heteroatoms. The molecule has 7 nitrogen and oxygen atoms in total. The van der Waals surface area contributed by atoms with Gasteiger partial charge in [-0.3, -0.25) is 0 Å². The smallest absolute Gasteiger partial charge is 0.166 e. The lowest BCUT2D eigenvalue weighted by atomic mass is 10.1. The summed E-state index contributed by atoms with van der Waals surface area (Å²) in [5.74, 6) is 1.76. The van der Waals surface area contributed by atoms with Crippen molar-refractivity contribution in [3.8, 4) is 6.07 Å². The SMILES string of the molecule is CCNc1nc(NCCS)c(C#N)c(C)c1N=Nc1snc2ccccc12. The molecule has 27 heavy (non-hydrogen) atoms. The minimum absolute atomic E-state index is 0.460. The van der Waals surface area contributed by atoms with Gasteiger partial charge in [0.05, 0.1) is 11.1 Å². The third kappa shape index (κ3) is 4.02. The van der Waals surface area contributed by atoms with Crippen molar-refractivity contribution in [3.63, 3.8) is 0 Å². The number of nitrogens with zero attached hydrogens (tertiary/aromatic N) is 5. The van der Waals surface area contributed by atoms with Crippen LogP contribution >= 0.6 is 24.2 Å². The topological polar surface area (TPSA) is 98.3 Å². The fraction of sp³-hybridized carbons (Fsp3) is 0.278. The number of benzene rings is 1. The first-order valence-electron chi connectivity index (χ1n) is 8.49. The zero-order chi connectivity index (χ0) is 19.2. The lowest BCUT2D eigenvalue weighted by Gasteiger charge is -2.14. The van der Waals surface area contributed by atoms with Crippen LogP contribution in [0.2, 0.25) is 0 Å². The summed E-state index contributed by atoms with van der Waals surface area (Å²) in [5, 5.41) is 26.4. The van der Waals surface area contributed by atoms with E-state index in [2.05, 4.69) is 48.9 Å². The van der Waals surface area contributed by atoms with Gasteiger partial charge in [0.15, 0.2) is 10.8 Å². The predicted octanol–water partition coefficient (Wildman–Crippen LogP) is 5.06. The first kappa shape index (κ1) is 19.1. The summed E-state index contributed by atoms with van der Waals surface area (Å²) >= 11 is 5.49. The minimum atomic E-state index is 0.460. The third-order valence-electron chi connectivity index (χ3n) is 3.88. The average Bonchev–Trinajstić information content (AvgIpc) is 3.09. The summed E-state index contributed by atoms with van der Waals surface area (Å²) in [4.78, 5) is 4.55. The Morgan fingerprint density at radius 1 is 1.22 bits per heavy atom. The second-order valence-electron chi connectivity index (χ2n) is 5.66. The molecule has 1 aromatic carbocycles. The van der Waals surface area contributed by atoms with Gasteiger partial charge in [-0.15, -0.1) is 10.2 Å². The zero-order valence-electron chi connectivity index (χ0n) is 15.0. The Morgan fingerprint density at radius 3 is 2.78 bits per heavy atom. The quantitative estimate of drug-likeness (QED) is 0.382. The van der Waals surface area contributed by atoms with Crippen LogP contribution in [0.25, 0.3) is 10.9 Å². The van der Waals surface area contributed by atoms with Crippen LogP contribution in [0.15, 0.2) is 34.5 Å². The molecular formula is C18H19N7S2. The number of fused-ring (bicyclic) bond motifs is 1. The number of hydrogen-bond donors (Lipinski definition) is 3. The molecule has 2 aromatic heterocycles. The second-order valence-corrected chi connectivity index (χ2v) is 6.85. The zero-order valence-corrected chi connectivity index (χ0v) is 16.7. The number of aromatic nitrogens is 2. The molecule has 0 amide bonds. The molecule has 0 aliphatic heterocycles. The summed E-state index contributed by atoms with van der Waals surface area (Å²) in [7, 11) is 0. The minimum Gasteiger partial charge on any atom is -0.368 e. The van der Waals surface area contributed by atoms with Gasteiger partial charge in [-0.25, -0.2) is 4.98 Å². The summed E-state index contributed by atoms with van der Waals surface area (Å²) in [6, 6.07) is 10.0. The van der Waals surface area contributed by atoms with Gasteiger partial charge in [0.2, 0.25) is 0 Å². The van der Waals surface area contributed by atoms with Crippen LogP contribution in [0.4, 0.5) is 22.3 Å². The Kier molecular flexibility index (Phi) is 6.21. The van der Waals surface area contributed by atoms with Crippen LogP contribution in [0.3, 0.4) is 0 Å². The largest absolute Gasteiger partial charge is 0.368 e. The number of hydrogen-bond acceptors (Lipinski definition) is 9. The van der Waals surface area contributed by atoms with E-state index in [0.29, 0.717) is 41.7 Å². The summed E-state index contributed by atoms with van der Waals surface area (Å²) < 4.78 is 4.38. The van der Waals surface area contributed by atoms with Crippen LogP contribution in [0, 0.1) is 18.3 Å². The van der Waals surface area contributed by atoms with Crippen molar-refractivity contribution in [1.29, 1.82) is 5.26 Å². The van der Waals surface area contributed by atoms with Gasteiger partial charge in [0, 0.05) is 29.8 Å². The first-order valence-corrected chi connectivity index (χ1v) is 9.89. The first-order chi connectivity index (χ1) is 13.2. The lowest BCUT2D eigenvalue weighted by molar-refractivity contribution is 1.09. The number of rotatable bonds is 7. The van der Waals surface area contributed by atoms with Crippen molar-refractivity contribution < 1.29 is 0 Å². The molecular weight excluding hydrogens is 378 g/mol. The van der Waals surface area contributed by atoms with Crippen LogP contribution in [-0.4, -0.2) is 28.2 Å². The molecule has 0 aliphatic carbocycles. The van der Waals surface area contributed by atoms with Crippen LogP contribution in [0.1, 0.15) is 18.1 Å². The van der Waals surface area contributed by atoms with E-state index in [1.54, 1.807) is 0 Å². The molecule has 0 saturated carbocycles. The highest BCUT2D eigenvalue weighted by Crippen LogP contribution is 2.37. The van der Waals surface area contributed by atoms with Crippen LogP contribution in [-0.2, 0) is 0 Å². The second kappa shape index (κ2) is 8.79. The van der Waals surface area contributed by atoms with E-state index in [1.165, 1.54) is 11.5 Å². The molecule has 3 aromatic rings. The van der Waals surface area contributed by atoms with Crippen molar-refractivity contribution in [2.45, 2.75) is 13.8 Å². The van der Waals surface area contributed by atoms with Crippen molar-refractivity contribution in [2.24, 2.45) is 10.2 Å². The molecule has 138 valence electrons. The highest BCUT2D eigenvalue weighted by Gasteiger charge is 2.17. The van der Waals surface area contributed by atoms with E-state index in [9.17, 15) is 5.26 Å².